The molecular weight excluding hydrogens is 363 g/mol. The van der Waals surface area contributed by atoms with Gasteiger partial charge in [0.2, 0.25) is 0 Å². The van der Waals surface area contributed by atoms with Crippen molar-refractivity contribution in [2.24, 2.45) is 0 Å². The normalized spacial score (nSPS) is 11.3. The van der Waals surface area contributed by atoms with Gasteiger partial charge in [0.05, 0.1) is 13.2 Å². The van der Waals surface area contributed by atoms with Crippen LogP contribution in [0.2, 0.25) is 0 Å². The van der Waals surface area contributed by atoms with Crippen LogP contribution in [0.1, 0.15) is 65.2 Å². The third kappa shape index (κ3) is 5.62. The topological polar surface area (TPSA) is 18.5 Å². The summed E-state index contributed by atoms with van der Waals surface area (Å²) in [6.07, 6.45) is 9.48. The molecule has 0 radical (unpaired) electrons. The first-order chi connectivity index (χ1) is 14.2. The smallest absolute Gasteiger partial charge is 0.172 e. The van der Waals surface area contributed by atoms with Gasteiger partial charge >= 0.3 is 0 Å². The maximum Gasteiger partial charge on any atom is 0.172 e. The Morgan fingerprint density at radius 3 is 2.17 bits per heavy atom. The van der Waals surface area contributed by atoms with Crippen LogP contribution < -0.4 is 9.47 Å². The molecule has 29 heavy (non-hydrogen) atoms. The molecule has 0 unspecified atom stereocenters. The number of hydrogen-bond acceptors (Lipinski definition) is 2. The van der Waals surface area contributed by atoms with Gasteiger partial charge in [-0.2, -0.15) is 0 Å². The van der Waals surface area contributed by atoms with Crippen molar-refractivity contribution in [3.05, 3.63) is 48.3 Å². The molecule has 3 aromatic rings. The van der Waals surface area contributed by atoms with E-state index in [1.54, 1.807) is 6.07 Å². The summed E-state index contributed by atoms with van der Waals surface area (Å²) in [5.41, 5.74) is 0. The number of halogens is 1. The number of unbranched alkanes of at least 4 members (excludes halogenated alkanes) is 6. The molecule has 0 atom stereocenters. The Morgan fingerprint density at radius 1 is 0.655 bits per heavy atom. The van der Waals surface area contributed by atoms with Gasteiger partial charge in [-0.25, -0.2) is 4.39 Å². The predicted octanol–water partition coefficient (Wildman–Crippen LogP) is 8.05. The van der Waals surface area contributed by atoms with E-state index in [0.29, 0.717) is 17.7 Å². The summed E-state index contributed by atoms with van der Waals surface area (Å²) in [4.78, 5) is 0. The van der Waals surface area contributed by atoms with Crippen LogP contribution in [0.3, 0.4) is 0 Å². The molecule has 0 aliphatic rings. The Labute approximate surface area is 174 Å². The van der Waals surface area contributed by atoms with E-state index in [1.165, 1.54) is 32.1 Å². The third-order valence-corrected chi connectivity index (χ3v) is 5.41. The predicted molar refractivity (Wildman–Crippen MR) is 121 cm³/mol. The van der Waals surface area contributed by atoms with E-state index in [4.69, 9.17) is 9.47 Å². The van der Waals surface area contributed by atoms with Gasteiger partial charge in [-0.05, 0) is 53.3 Å². The Morgan fingerprint density at radius 2 is 1.34 bits per heavy atom. The van der Waals surface area contributed by atoms with Crippen molar-refractivity contribution in [2.75, 3.05) is 13.2 Å². The van der Waals surface area contributed by atoms with Gasteiger partial charge < -0.3 is 9.47 Å². The highest BCUT2D eigenvalue weighted by atomic mass is 19.1. The average Bonchev–Trinajstić information content (AvgIpc) is 2.74. The molecule has 0 saturated carbocycles. The number of ether oxygens (including phenoxy) is 2. The largest absolute Gasteiger partial charge is 0.494 e. The number of rotatable bonds is 12. The Kier molecular flexibility index (Phi) is 8.15. The van der Waals surface area contributed by atoms with E-state index in [1.807, 2.05) is 30.3 Å². The molecular formula is C26H33FO2. The van der Waals surface area contributed by atoms with Gasteiger partial charge in [0.15, 0.2) is 11.6 Å². The monoisotopic (exact) mass is 396 g/mol. The van der Waals surface area contributed by atoms with Gasteiger partial charge in [-0.1, -0.05) is 70.6 Å². The van der Waals surface area contributed by atoms with Gasteiger partial charge in [0.25, 0.3) is 0 Å². The molecule has 2 nitrogen and oxygen atoms in total. The second-order valence-corrected chi connectivity index (χ2v) is 7.74. The maximum atomic E-state index is 14.9. The first-order valence-electron chi connectivity index (χ1n) is 11.1. The first-order valence-corrected chi connectivity index (χ1v) is 11.1. The molecule has 0 aliphatic carbocycles. The third-order valence-electron chi connectivity index (χ3n) is 5.41. The van der Waals surface area contributed by atoms with Crippen LogP contribution in [0.4, 0.5) is 4.39 Å². The molecule has 0 amide bonds. The van der Waals surface area contributed by atoms with Gasteiger partial charge in [-0.3, -0.25) is 0 Å². The Bertz CT molecular complexity index is 919. The SMILES string of the molecule is CCCCCCCCOc1ccc2c(ccc3c(F)c(OCCCC)ccc32)c1. The summed E-state index contributed by atoms with van der Waals surface area (Å²) in [5, 5.41) is 3.61. The average molecular weight is 397 g/mol. The second-order valence-electron chi connectivity index (χ2n) is 7.74. The summed E-state index contributed by atoms with van der Waals surface area (Å²) in [6.45, 7) is 5.63. The summed E-state index contributed by atoms with van der Waals surface area (Å²) in [5.74, 6) is 0.943. The number of hydrogen-bond donors (Lipinski definition) is 0. The molecule has 0 N–H and O–H groups in total. The maximum absolute atomic E-state index is 14.9. The lowest BCUT2D eigenvalue weighted by Crippen LogP contribution is -1.99. The van der Waals surface area contributed by atoms with Crippen LogP contribution in [0.5, 0.6) is 11.5 Å². The molecule has 0 bridgehead atoms. The van der Waals surface area contributed by atoms with Crippen LogP contribution >= 0.6 is 0 Å². The van der Waals surface area contributed by atoms with Crippen LogP contribution in [0.15, 0.2) is 42.5 Å². The zero-order chi connectivity index (χ0) is 20.5. The van der Waals surface area contributed by atoms with Crippen LogP contribution in [0.25, 0.3) is 21.5 Å². The molecule has 0 aliphatic heterocycles. The van der Waals surface area contributed by atoms with Crippen molar-refractivity contribution in [3.63, 3.8) is 0 Å². The van der Waals surface area contributed by atoms with Gasteiger partial charge in [0.1, 0.15) is 5.75 Å². The van der Waals surface area contributed by atoms with E-state index in [9.17, 15) is 4.39 Å². The Hall–Kier alpha value is -2.29. The zero-order valence-corrected chi connectivity index (χ0v) is 17.8. The molecule has 0 aromatic heterocycles. The standard InChI is InChI=1S/C26H33FO2/c1-3-5-7-8-9-10-18-28-21-12-14-22-20(19-21)11-13-24-23(22)15-16-25(26(24)27)29-17-6-4-2/h11-16,19H,3-10,17-18H2,1-2H3. The van der Waals surface area contributed by atoms with E-state index in [2.05, 4.69) is 19.9 Å². The molecule has 0 heterocycles. The summed E-state index contributed by atoms with van der Waals surface area (Å²) >= 11 is 0. The summed E-state index contributed by atoms with van der Waals surface area (Å²) in [7, 11) is 0. The van der Waals surface area contributed by atoms with E-state index in [0.717, 1.165) is 47.8 Å². The highest BCUT2D eigenvalue weighted by molar-refractivity contribution is 6.08. The summed E-state index contributed by atoms with van der Waals surface area (Å²) < 4.78 is 26.4. The lowest BCUT2D eigenvalue weighted by molar-refractivity contribution is 0.295. The van der Waals surface area contributed by atoms with Crippen molar-refractivity contribution in [1.29, 1.82) is 0 Å². The minimum absolute atomic E-state index is 0.274. The molecule has 156 valence electrons. The first kappa shape index (κ1) is 21.4. The number of benzene rings is 3. The lowest BCUT2D eigenvalue weighted by Gasteiger charge is -2.12. The van der Waals surface area contributed by atoms with Crippen molar-refractivity contribution in [2.45, 2.75) is 65.2 Å². The highest BCUT2D eigenvalue weighted by Crippen LogP contribution is 2.33. The fourth-order valence-corrected chi connectivity index (χ4v) is 3.67. The quantitative estimate of drug-likeness (QED) is 0.228. The molecule has 0 saturated heterocycles. The fourth-order valence-electron chi connectivity index (χ4n) is 3.67. The van der Waals surface area contributed by atoms with Crippen LogP contribution in [-0.4, -0.2) is 13.2 Å². The Balaban J connectivity index is 1.68. The molecule has 0 spiro atoms. The minimum Gasteiger partial charge on any atom is -0.494 e. The van der Waals surface area contributed by atoms with E-state index in [-0.39, 0.29) is 5.82 Å². The zero-order valence-electron chi connectivity index (χ0n) is 17.8. The summed E-state index contributed by atoms with van der Waals surface area (Å²) in [6, 6.07) is 13.6. The van der Waals surface area contributed by atoms with Crippen molar-refractivity contribution in [3.8, 4) is 11.5 Å². The highest BCUT2D eigenvalue weighted by Gasteiger charge is 2.11. The van der Waals surface area contributed by atoms with Crippen molar-refractivity contribution in [1.82, 2.24) is 0 Å². The molecule has 0 fully saturated rings. The lowest BCUT2D eigenvalue weighted by atomic mass is 10.0. The molecule has 3 aromatic carbocycles. The van der Waals surface area contributed by atoms with Crippen LogP contribution in [0, 0.1) is 5.82 Å². The van der Waals surface area contributed by atoms with Crippen molar-refractivity contribution < 1.29 is 13.9 Å². The molecule has 3 rings (SSSR count). The van der Waals surface area contributed by atoms with Crippen molar-refractivity contribution >= 4 is 21.5 Å². The van der Waals surface area contributed by atoms with Gasteiger partial charge in [0, 0.05) is 5.39 Å². The van der Waals surface area contributed by atoms with E-state index >= 15 is 0 Å². The fraction of sp³-hybridized carbons (Fsp3) is 0.462. The number of fused-ring (bicyclic) bond motifs is 3. The molecule has 3 heteroatoms. The van der Waals surface area contributed by atoms with E-state index < -0.39 is 0 Å². The minimum atomic E-state index is -0.274. The van der Waals surface area contributed by atoms with Crippen LogP contribution in [-0.2, 0) is 0 Å². The second kappa shape index (κ2) is 11.0. The van der Waals surface area contributed by atoms with Gasteiger partial charge in [-0.15, -0.1) is 0 Å².